The van der Waals surface area contributed by atoms with Gasteiger partial charge in [-0.15, -0.1) is 0 Å². The number of hydrogen-bond donors (Lipinski definition) is 1. The lowest BCUT2D eigenvalue weighted by atomic mass is 10.2. The first-order valence-corrected chi connectivity index (χ1v) is 4.71. The van der Waals surface area contributed by atoms with Gasteiger partial charge in [0, 0.05) is 11.8 Å². The number of nitrogens with two attached hydrogens (primary N) is 1. The van der Waals surface area contributed by atoms with Gasteiger partial charge in [-0.1, -0.05) is 0 Å². The van der Waals surface area contributed by atoms with Crippen LogP contribution in [0.5, 0.6) is 5.75 Å². The summed E-state index contributed by atoms with van der Waals surface area (Å²) in [4.78, 5) is 0. The highest BCUT2D eigenvalue weighted by molar-refractivity contribution is 5.48. The molecule has 1 aromatic carbocycles. The second kappa shape index (κ2) is 4.58. The lowest BCUT2D eigenvalue weighted by molar-refractivity contribution is -0.189. The van der Waals surface area contributed by atoms with E-state index in [4.69, 9.17) is 5.73 Å². The van der Waals surface area contributed by atoms with Gasteiger partial charge in [0.1, 0.15) is 5.75 Å². The zero-order valence-corrected chi connectivity index (χ0v) is 9.06. The summed E-state index contributed by atoms with van der Waals surface area (Å²) in [5.74, 6) is -0.577. The Kier molecular flexibility index (Phi) is 3.68. The molecule has 0 aliphatic carbocycles. The SMILES string of the molecule is CC(Oc1cc(N)cc(C(F)(F)F)c1)C(F)(F)F. The van der Waals surface area contributed by atoms with Crippen molar-refractivity contribution in [3.63, 3.8) is 0 Å². The molecule has 8 heteroatoms. The summed E-state index contributed by atoms with van der Waals surface area (Å²) in [6.07, 6.45) is -11.6. The number of anilines is 1. The molecule has 2 nitrogen and oxygen atoms in total. The molecule has 2 N–H and O–H groups in total. The first kappa shape index (κ1) is 14.5. The molecule has 0 aliphatic rings. The van der Waals surface area contributed by atoms with Gasteiger partial charge in [-0.2, -0.15) is 26.3 Å². The lowest BCUT2D eigenvalue weighted by Crippen LogP contribution is -2.31. The van der Waals surface area contributed by atoms with Crippen LogP contribution >= 0.6 is 0 Å². The highest BCUT2D eigenvalue weighted by atomic mass is 19.4. The van der Waals surface area contributed by atoms with Gasteiger partial charge in [0.05, 0.1) is 5.56 Å². The lowest BCUT2D eigenvalue weighted by Gasteiger charge is -2.18. The Bertz CT molecular complexity index is 425. The van der Waals surface area contributed by atoms with Crippen LogP contribution in [0.2, 0.25) is 0 Å². The average molecular weight is 273 g/mol. The minimum atomic E-state index is -4.70. The van der Waals surface area contributed by atoms with E-state index >= 15 is 0 Å². The van der Waals surface area contributed by atoms with Crippen LogP contribution in [-0.2, 0) is 6.18 Å². The summed E-state index contributed by atoms with van der Waals surface area (Å²) >= 11 is 0. The third-order valence-corrected chi connectivity index (χ3v) is 2.03. The Labute approximate surface area is 98.3 Å². The van der Waals surface area contributed by atoms with Gasteiger partial charge < -0.3 is 10.5 Å². The molecule has 0 aliphatic heterocycles. The molecule has 18 heavy (non-hydrogen) atoms. The molecule has 0 spiro atoms. The zero-order valence-electron chi connectivity index (χ0n) is 9.06. The third kappa shape index (κ3) is 3.71. The standard InChI is InChI=1S/C10H9F6NO/c1-5(9(11,12)13)18-8-3-6(10(14,15)16)2-7(17)4-8/h2-5H,17H2,1H3. The fraction of sp³-hybridized carbons (Fsp3) is 0.400. The number of rotatable bonds is 2. The van der Waals surface area contributed by atoms with Gasteiger partial charge in [-0.3, -0.25) is 0 Å². The van der Waals surface area contributed by atoms with Crippen molar-refractivity contribution in [3.8, 4) is 5.75 Å². The van der Waals surface area contributed by atoms with Crippen LogP contribution in [0.15, 0.2) is 18.2 Å². The van der Waals surface area contributed by atoms with E-state index in [1.807, 2.05) is 0 Å². The van der Waals surface area contributed by atoms with Gasteiger partial charge in [0.25, 0.3) is 0 Å². The minimum Gasteiger partial charge on any atom is -0.481 e. The molecule has 1 aromatic rings. The van der Waals surface area contributed by atoms with Gasteiger partial charge in [-0.05, 0) is 19.1 Å². The molecule has 0 amide bonds. The first-order chi connectivity index (χ1) is 8.00. The Hall–Kier alpha value is -1.60. The second-order valence-corrected chi connectivity index (χ2v) is 3.59. The molecule has 0 bridgehead atoms. The molecule has 0 aromatic heterocycles. The molecule has 0 radical (unpaired) electrons. The summed E-state index contributed by atoms with van der Waals surface area (Å²) in [6.45, 7) is 0.691. The number of benzene rings is 1. The fourth-order valence-electron chi connectivity index (χ4n) is 1.12. The summed E-state index contributed by atoms with van der Waals surface area (Å²) < 4.78 is 78.1. The maximum absolute atomic E-state index is 12.4. The maximum atomic E-state index is 12.4. The van der Waals surface area contributed by atoms with Gasteiger partial charge in [-0.25, -0.2) is 0 Å². The highest BCUT2D eigenvalue weighted by Gasteiger charge is 2.38. The Morgan fingerprint density at radius 2 is 1.61 bits per heavy atom. The topological polar surface area (TPSA) is 35.2 Å². The smallest absolute Gasteiger partial charge is 0.425 e. The fourth-order valence-corrected chi connectivity index (χ4v) is 1.12. The van der Waals surface area contributed by atoms with Gasteiger partial charge >= 0.3 is 12.4 Å². The van der Waals surface area contributed by atoms with E-state index in [0.717, 1.165) is 6.07 Å². The molecular weight excluding hydrogens is 264 g/mol. The van der Waals surface area contributed by atoms with Crippen LogP contribution < -0.4 is 10.5 Å². The van der Waals surface area contributed by atoms with Crippen molar-refractivity contribution in [1.82, 2.24) is 0 Å². The van der Waals surface area contributed by atoms with Crippen molar-refractivity contribution in [3.05, 3.63) is 23.8 Å². The van der Waals surface area contributed by atoms with E-state index in [0.29, 0.717) is 19.1 Å². The molecular formula is C10H9F6NO. The van der Waals surface area contributed by atoms with Crippen molar-refractivity contribution < 1.29 is 31.1 Å². The Morgan fingerprint density at radius 1 is 1.06 bits per heavy atom. The molecule has 0 saturated heterocycles. The number of alkyl halides is 6. The van der Waals surface area contributed by atoms with E-state index < -0.39 is 29.8 Å². The minimum absolute atomic E-state index is 0.325. The molecule has 1 rings (SSSR count). The van der Waals surface area contributed by atoms with Crippen molar-refractivity contribution in [2.45, 2.75) is 25.4 Å². The molecule has 0 heterocycles. The van der Waals surface area contributed by atoms with E-state index in [-0.39, 0.29) is 5.69 Å². The normalized spacial score (nSPS) is 14.4. The molecule has 102 valence electrons. The monoisotopic (exact) mass is 273 g/mol. The van der Waals surface area contributed by atoms with E-state index in [2.05, 4.69) is 4.74 Å². The zero-order chi connectivity index (χ0) is 14.1. The maximum Gasteiger partial charge on any atom is 0.425 e. The number of hydrogen-bond acceptors (Lipinski definition) is 2. The molecule has 1 unspecified atom stereocenters. The summed E-state index contributed by atoms with van der Waals surface area (Å²) in [7, 11) is 0. The summed E-state index contributed by atoms with van der Waals surface area (Å²) in [5.41, 5.74) is 3.69. The molecule has 1 atom stereocenters. The van der Waals surface area contributed by atoms with E-state index in [1.165, 1.54) is 0 Å². The highest BCUT2D eigenvalue weighted by Crippen LogP contribution is 2.34. The predicted molar refractivity (Wildman–Crippen MR) is 52.0 cm³/mol. The predicted octanol–water partition coefficient (Wildman–Crippen LogP) is 3.62. The molecule has 0 saturated carbocycles. The van der Waals surface area contributed by atoms with Crippen molar-refractivity contribution in [1.29, 1.82) is 0 Å². The first-order valence-electron chi connectivity index (χ1n) is 4.71. The summed E-state index contributed by atoms with van der Waals surface area (Å²) in [6, 6.07) is 1.99. The van der Waals surface area contributed by atoms with Crippen LogP contribution in [0.3, 0.4) is 0 Å². The average Bonchev–Trinajstić information content (AvgIpc) is 2.13. The molecule has 0 fully saturated rings. The largest absolute Gasteiger partial charge is 0.481 e. The Morgan fingerprint density at radius 3 is 2.06 bits per heavy atom. The quantitative estimate of drug-likeness (QED) is 0.659. The van der Waals surface area contributed by atoms with Crippen molar-refractivity contribution >= 4 is 5.69 Å². The Balaban J connectivity index is 3.01. The van der Waals surface area contributed by atoms with Crippen LogP contribution in [-0.4, -0.2) is 12.3 Å². The van der Waals surface area contributed by atoms with Crippen LogP contribution in [0.4, 0.5) is 32.0 Å². The van der Waals surface area contributed by atoms with Crippen molar-refractivity contribution in [2.24, 2.45) is 0 Å². The summed E-state index contributed by atoms with van der Waals surface area (Å²) in [5, 5.41) is 0. The number of halogens is 6. The van der Waals surface area contributed by atoms with E-state index in [1.54, 1.807) is 0 Å². The van der Waals surface area contributed by atoms with Crippen LogP contribution in [0, 0.1) is 0 Å². The third-order valence-electron chi connectivity index (χ3n) is 2.03. The van der Waals surface area contributed by atoms with E-state index in [9.17, 15) is 26.3 Å². The van der Waals surface area contributed by atoms with Gasteiger partial charge in [0.15, 0.2) is 6.10 Å². The number of ether oxygens (including phenoxy) is 1. The second-order valence-electron chi connectivity index (χ2n) is 3.59. The van der Waals surface area contributed by atoms with Gasteiger partial charge in [0.2, 0.25) is 0 Å². The van der Waals surface area contributed by atoms with Crippen LogP contribution in [0.25, 0.3) is 0 Å². The number of nitrogen functional groups attached to an aromatic ring is 1. The van der Waals surface area contributed by atoms with Crippen LogP contribution in [0.1, 0.15) is 12.5 Å². The van der Waals surface area contributed by atoms with Crippen molar-refractivity contribution in [2.75, 3.05) is 5.73 Å².